The lowest BCUT2D eigenvalue weighted by molar-refractivity contribution is 0.580. The van der Waals surface area contributed by atoms with Crippen LogP contribution in [0.3, 0.4) is 0 Å². The highest BCUT2D eigenvalue weighted by Crippen LogP contribution is 2.29. The quantitative estimate of drug-likeness (QED) is 0.890. The third-order valence-electron chi connectivity index (χ3n) is 3.31. The number of halogens is 2. The van der Waals surface area contributed by atoms with E-state index in [1.54, 1.807) is 0 Å². The van der Waals surface area contributed by atoms with Crippen LogP contribution in [0.1, 0.15) is 5.56 Å². The van der Waals surface area contributed by atoms with E-state index in [1.807, 2.05) is 24.3 Å². The van der Waals surface area contributed by atoms with E-state index < -0.39 is 5.82 Å². The highest BCUT2D eigenvalue weighted by Gasteiger charge is 2.17. The third-order valence-corrected chi connectivity index (χ3v) is 3.31. The molecule has 0 fully saturated rings. The van der Waals surface area contributed by atoms with Crippen molar-refractivity contribution in [2.75, 3.05) is 23.3 Å². The van der Waals surface area contributed by atoms with Gasteiger partial charge in [0.2, 0.25) is 0 Å². The van der Waals surface area contributed by atoms with E-state index in [1.165, 1.54) is 12.1 Å². The molecule has 98 valence electrons. The number of benzene rings is 2. The maximum atomic E-state index is 13.7. The molecule has 0 spiro atoms. The Morgan fingerprint density at radius 3 is 2.84 bits per heavy atom. The maximum absolute atomic E-state index is 13.7. The number of anilines is 2. The van der Waals surface area contributed by atoms with Gasteiger partial charge in [-0.1, -0.05) is 12.1 Å². The average molecular weight is 260 g/mol. The van der Waals surface area contributed by atoms with Gasteiger partial charge < -0.3 is 10.2 Å². The Kier molecular flexibility index (Phi) is 3.07. The first-order chi connectivity index (χ1) is 9.24. The number of hydrogen-bond acceptors (Lipinski definition) is 2. The Hall–Kier alpha value is -2.10. The van der Waals surface area contributed by atoms with Gasteiger partial charge >= 0.3 is 0 Å². The molecule has 0 atom stereocenters. The van der Waals surface area contributed by atoms with E-state index >= 15 is 0 Å². The number of para-hydroxylation sites is 2. The Morgan fingerprint density at radius 1 is 1.11 bits per heavy atom. The molecule has 0 aliphatic carbocycles. The number of rotatable bonds is 2. The lowest BCUT2D eigenvalue weighted by Crippen LogP contribution is -2.33. The summed E-state index contributed by atoms with van der Waals surface area (Å²) >= 11 is 0. The fourth-order valence-electron chi connectivity index (χ4n) is 2.38. The molecule has 0 radical (unpaired) electrons. The molecular formula is C15H14F2N2. The minimum absolute atomic E-state index is 0.364. The molecule has 0 aromatic heterocycles. The van der Waals surface area contributed by atoms with E-state index in [-0.39, 0.29) is 5.82 Å². The summed E-state index contributed by atoms with van der Waals surface area (Å²) in [7, 11) is 0. The minimum atomic E-state index is -0.403. The Labute approximate surface area is 110 Å². The molecule has 3 rings (SSSR count). The van der Waals surface area contributed by atoms with Gasteiger partial charge in [0.05, 0.1) is 11.4 Å². The smallest absolute Gasteiger partial charge is 0.128 e. The zero-order valence-corrected chi connectivity index (χ0v) is 10.4. The van der Waals surface area contributed by atoms with Crippen molar-refractivity contribution in [2.45, 2.75) is 6.54 Å². The van der Waals surface area contributed by atoms with E-state index in [2.05, 4.69) is 10.2 Å². The van der Waals surface area contributed by atoms with Crippen LogP contribution < -0.4 is 10.2 Å². The van der Waals surface area contributed by atoms with Gasteiger partial charge in [-0.15, -0.1) is 0 Å². The van der Waals surface area contributed by atoms with Gasteiger partial charge in [-0.3, -0.25) is 0 Å². The summed E-state index contributed by atoms with van der Waals surface area (Å²) in [5, 5.41) is 3.29. The summed E-state index contributed by atoms with van der Waals surface area (Å²) in [4.78, 5) is 2.06. The Morgan fingerprint density at radius 2 is 1.95 bits per heavy atom. The highest BCUT2D eigenvalue weighted by molar-refractivity contribution is 5.71. The zero-order valence-electron chi connectivity index (χ0n) is 10.4. The molecule has 0 saturated heterocycles. The molecule has 19 heavy (non-hydrogen) atoms. The van der Waals surface area contributed by atoms with Crippen molar-refractivity contribution in [1.29, 1.82) is 0 Å². The first kappa shape index (κ1) is 12.0. The van der Waals surface area contributed by atoms with E-state index in [0.29, 0.717) is 12.1 Å². The third kappa shape index (κ3) is 2.38. The van der Waals surface area contributed by atoms with Gasteiger partial charge in [0.15, 0.2) is 0 Å². The fourth-order valence-corrected chi connectivity index (χ4v) is 2.38. The lowest BCUT2D eigenvalue weighted by atomic mass is 10.1. The molecule has 0 bridgehead atoms. The van der Waals surface area contributed by atoms with Crippen molar-refractivity contribution < 1.29 is 8.78 Å². The van der Waals surface area contributed by atoms with Gasteiger partial charge in [0.25, 0.3) is 0 Å². The van der Waals surface area contributed by atoms with Crippen molar-refractivity contribution in [3.05, 3.63) is 59.7 Å². The monoisotopic (exact) mass is 260 g/mol. The van der Waals surface area contributed by atoms with Crippen LogP contribution in [0.15, 0.2) is 42.5 Å². The molecule has 0 saturated carbocycles. The van der Waals surface area contributed by atoms with Crippen LogP contribution >= 0.6 is 0 Å². The van der Waals surface area contributed by atoms with Crippen LogP contribution in [0.25, 0.3) is 0 Å². The maximum Gasteiger partial charge on any atom is 0.128 e. The molecule has 1 N–H and O–H groups in total. The van der Waals surface area contributed by atoms with Crippen LogP contribution in [0.2, 0.25) is 0 Å². The van der Waals surface area contributed by atoms with Gasteiger partial charge in [-0.2, -0.15) is 0 Å². The summed E-state index contributed by atoms with van der Waals surface area (Å²) in [6.45, 7) is 1.95. The normalized spacial score (nSPS) is 13.9. The van der Waals surface area contributed by atoms with Crippen molar-refractivity contribution in [1.82, 2.24) is 0 Å². The number of hydrogen-bond donors (Lipinski definition) is 1. The number of fused-ring (bicyclic) bond motifs is 1. The average Bonchev–Trinajstić information content (AvgIpc) is 2.43. The Balaban J connectivity index is 1.90. The minimum Gasteiger partial charge on any atom is -0.382 e. The molecule has 0 amide bonds. The summed E-state index contributed by atoms with van der Waals surface area (Å²) in [5.74, 6) is -0.766. The second-order valence-electron chi connectivity index (χ2n) is 4.60. The van der Waals surface area contributed by atoms with Crippen LogP contribution in [0.4, 0.5) is 20.2 Å². The largest absolute Gasteiger partial charge is 0.382 e. The van der Waals surface area contributed by atoms with E-state index in [4.69, 9.17) is 0 Å². The van der Waals surface area contributed by atoms with Crippen molar-refractivity contribution >= 4 is 11.4 Å². The first-order valence-electron chi connectivity index (χ1n) is 6.26. The first-order valence-corrected chi connectivity index (χ1v) is 6.26. The van der Waals surface area contributed by atoms with Crippen molar-refractivity contribution in [3.63, 3.8) is 0 Å². The van der Waals surface area contributed by atoms with E-state index in [9.17, 15) is 8.78 Å². The fraction of sp³-hybridized carbons (Fsp3) is 0.200. The van der Waals surface area contributed by atoms with E-state index in [0.717, 1.165) is 30.5 Å². The van der Waals surface area contributed by atoms with Crippen molar-refractivity contribution in [2.24, 2.45) is 0 Å². The van der Waals surface area contributed by atoms with Crippen molar-refractivity contribution in [3.8, 4) is 0 Å². The zero-order chi connectivity index (χ0) is 13.2. The van der Waals surface area contributed by atoms with Gasteiger partial charge in [-0.05, 0) is 30.3 Å². The number of nitrogens with zero attached hydrogens (tertiary/aromatic N) is 1. The highest BCUT2D eigenvalue weighted by atomic mass is 19.1. The summed E-state index contributed by atoms with van der Waals surface area (Å²) in [6.07, 6.45) is 0. The molecule has 0 unspecified atom stereocenters. The van der Waals surface area contributed by atoms with Crippen LogP contribution in [-0.4, -0.2) is 13.1 Å². The lowest BCUT2D eigenvalue weighted by Gasteiger charge is -2.32. The molecule has 1 aliphatic heterocycles. The summed E-state index contributed by atoms with van der Waals surface area (Å²) in [6, 6.07) is 11.5. The summed E-state index contributed by atoms with van der Waals surface area (Å²) in [5.41, 5.74) is 2.44. The van der Waals surface area contributed by atoms with Gasteiger partial charge in [0.1, 0.15) is 11.6 Å². The standard InChI is InChI=1S/C15H14F2N2/c16-12-5-6-13(17)11(9-12)10-19-8-7-18-14-3-1-2-4-15(14)19/h1-6,9,18H,7-8,10H2. The molecule has 1 aliphatic rings. The molecule has 2 aromatic carbocycles. The van der Waals surface area contributed by atoms with Gasteiger partial charge in [0, 0.05) is 25.2 Å². The van der Waals surface area contributed by atoms with Crippen LogP contribution in [-0.2, 0) is 6.54 Å². The number of nitrogens with one attached hydrogen (secondary N) is 1. The molecule has 2 nitrogen and oxygen atoms in total. The molecule has 1 heterocycles. The molecule has 4 heteroatoms. The van der Waals surface area contributed by atoms with Gasteiger partial charge in [-0.25, -0.2) is 8.78 Å². The molecular weight excluding hydrogens is 246 g/mol. The summed E-state index contributed by atoms with van der Waals surface area (Å²) < 4.78 is 26.9. The molecule has 2 aromatic rings. The second-order valence-corrected chi connectivity index (χ2v) is 4.60. The predicted octanol–water partition coefficient (Wildman–Crippen LogP) is 3.40. The predicted molar refractivity (Wildman–Crippen MR) is 72.3 cm³/mol. The second kappa shape index (κ2) is 4.88. The Bertz CT molecular complexity index is 598. The van der Waals surface area contributed by atoms with Crippen LogP contribution in [0.5, 0.6) is 0 Å². The SMILES string of the molecule is Fc1ccc(F)c(CN2CCNc3ccccc32)c1. The van der Waals surface area contributed by atoms with Crippen LogP contribution in [0, 0.1) is 11.6 Å². The topological polar surface area (TPSA) is 15.3 Å².